The summed E-state index contributed by atoms with van der Waals surface area (Å²) in [6.07, 6.45) is 6.13. The van der Waals surface area contributed by atoms with Gasteiger partial charge >= 0.3 is 0 Å². The highest BCUT2D eigenvalue weighted by Gasteiger charge is 2.48. The van der Waals surface area contributed by atoms with E-state index in [9.17, 15) is 14.0 Å². The maximum atomic E-state index is 13.8. The summed E-state index contributed by atoms with van der Waals surface area (Å²) < 4.78 is 13.8. The second kappa shape index (κ2) is 4.18. The van der Waals surface area contributed by atoms with Crippen molar-refractivity contribution in [2.24, 2.45) is 16.9 Å². The van der Waals surface area contributed by atoms with Crippen molar-refractivity contribution in [1.29, 1.82) is 0 Å². The third-order valence-electron chi connectivity index (χ3n) is 4.77. The third-order valence-corrected chi connectivity index (χ3v) is 4.77. The fraction of sp³-hybridized carbons (Fsp3) is 0.312. The lowest BCUT2D eigenvalue weighted by Crippen LogP contribution is -2.47. The molecule has 116 valence electrons. The number of hydrazone groups is 1. The van der Waals surface area contributed by atoms with Gasteiger partial charge in [-0.05, 0) is 30.6 Å². The van der Waals surface area contributed by atoms with Crippen molar-refractivity contribution in [3.05, 3.63) is 46.7 Å². The largest absolute Gasteiger partial charge is 0.353 e. The second-order valence-corrected chi connectivity index (χ2v) is 6.31. The second-order valence-electron chi connectivity index (χ2n) is 6.31. The average molecular weight is 312 g/mol. The van der Waals surface area contributed by atoms with Crippen LogP contribution in [-0.2, 0) is 9.59 Å². The molecule has 1 fully saturated rings. The number of hydrogen-bond acceptors (Lipinski definition) is 5. The molecule has 0 aromatic heterocycles. The minimum Gasteiger partial charge on any atom is -0.353 e. The molecule has 23 heavy (non-hydrogen) atoms. The predicted molar refractivity (Wildman–Crippen MR) is 79.0 cm³/mol. The summed E-state index contributed by atoms with van der Waals surface area (Å²) in [4.78, 5) is 26.4. The SMILES string of the molecule is O=C1C2=C3C(=NNC=C4C=C(F)C=C(N2)C43)CN1C(=O)C1CC1. The van der Waals surface area contributed by atoms with E-state index in [4.69, 9.17) is 0 Å². The molecule has 0 saturated heterocycles. The molecule has 7 heteroatoms. The molecule has 2 N–H and O–H groups in total. The summed E-state index contributed by atoms with van der Waals surface area (Å²) in [6, 6.07) is 0. The van der Waals surface area contributed by atoms with Crippen molar-refractivity contribution in [1.82, 2.24) is 15.6 Å². The van der Waals surface area contributed by atoms with Gasteiger partial charge in [0.25, 0.3) is 5.91 Å². The Morgan fingerprint density at radius 1 is 1.35 bits per heavy atom. The number of carbonyl (C=O) groups excluding carboxylic acids is 2. The molecule has 3 heterocycles. The fourth-order valence-electron chi connectivity index (χ4n) is 3.54. The number of amides is 2. The number of halogens is 1. The molecule has 5 rings (SSSR count). The zero-order valence-electron chi connectivity index (χ0n) is 12.1. The molecule has 0 radical (unpaired) electrons. The Morgan fingerprint density at radius 3 is 2.96 bits per heavy atom. The molecule has 0 bridgehead atoms. The fourth-order valence-corrected chi connectivity index (χ4v) is 3.54. The van der Waals surface area contributed by atoms with Crippen LogP contribution in [0.1, 0.15) is 12.8 Å². The molecule has 1 unspecified atom stereocenters. The van der Waals surface area contributed by atoms with E-state index in [2.05, 4.69) is 15.8 Å². The topological polar surface area (TPSA) is 73.8 Å². The molecule has 2 aliphatic carbocycles. The third kappa shape index (κ3) is 1.70. The van der Waals surface area contributed by atoms with Crippen molar-refractivity contribution in [3.63, 3.8) is 0 Å². The number of carbonyl (C=O) groups is 2. The summed E-state index contributed by atoms with van der Waals surface area (Å²) in [5, 5.41) is 7.30. The van der Waals surface area contributed by atoms with Gasteiger partial charge in [0.1, 0.15) is 11.5 Å². The lowest BCUT2D eigenvalue weighted by molar-refractivity contribution is -0.142. The summed E-state index contributed by atoms with van der Waals surface area (Å²) in [6.45, 7) is 0.165. The molecular weight excluding hydrogens is 299 g/mol. The van der Waals surface area contributed by atoms with Crippen LogP contribution in [0.4, 0.5) is 4.39 Å². The van der Waals surface area contributed by atoms with Crippen LogP contribution in [0.15, 0.2) is 51.8 Å². The molecule has 0 spiro atoms. The Hall–Kier alpha value is -2.70. The molecule has 3 aliphatic heterocycles. The highest BCUT2D eigenvalue weighted by atomic mass is 19.1. The Labute approximate surface area is 131 Å². The van der Waals surface area contributed by atoms with Crippen LogP contribution in [0, 0.1) is 11.8 Å². The normalized spacial score (nSPS) is 28.0. The summed E-state index contributed by atoms with van der Waals surface area (Å²) in [5.41, 5.74) is 5.88. The van der Waals surface area contributed by atoms with Crippen LogP contribution in [0.5, 0.6) is 0 Å². The molecule has 5 aliphatic rings. The van der Waals surface area contributed by atoms with E-state index in [-0.39, 0.29) is 36.0 Å². The maximum absolute atomic E-state index is 13.8. The summed E-state index contributed by atoms with van der Waals surface area (Å²) in [7, 11) is 0. The Morgan fingerprint density at radius 2 is 2.17 bits per heavy atom. The molecule has 6 nitrogen and oxygen atoms in total. The van der Waals surface area contributed by atoms with Gasteiger partial charge in [0, 0.05) is 23.4 Å². The van der Waals surface area contributed by atoms with Crippen LogP contribution >= 0.6 is 0 Å². The first-order valence-corrected chi connectivity index (χ1v) is 7.61. The van der Waals surface area contributed by atoms with E-state index in [0.717, 1.165) is 18.4 Å². The quantitative estimate of drug-likeness (QED) is 0.704. The van der Waals surface area contributed by atoms with Gasteiger partial charge in [-0.2, -0.15) is 5.10 Å². The van der Waals surface area contributed by atoms with E-state index in [1.165, 1.54) is 17.1 Å². The van der Waals surface area contributed by atoms with E-state index < -0.39 is 0 Å². The minimum atomic E-state index is -0.376. The molecular formula is C16H13FN4O2. The lowest BCUT2D eigenvalue weighted by Gasteiger charge is -2.27. The number of allylic oxidation sites excluding steroid dienone is 4. The first-order chi connectivity index (χ1) is 11.1. The van der Waals surface area contributed by atoms with Crippen molar-refractivity contribution in [3.8, 4) is 0 Å². The van der Waals surface area contributed by atoms with Crippen molar-refractivity contribution in [2.45, 2.75) is 12.8 Å². The van der Waals surface area contributed by atoms with Crippen molar-refractivity contribution in [2.75, 3.05) is 6.54 Å². The van der Waals surface area contributed by atoms with Crippen LogP contribution in [-0.4, -0.2) is 29.0 Å². The van der Waals surface area contributed by atoms with E-state index in [1.54, 1.807) is 6.20 Å². The van der Waals surface area contributed by atoms with Gasteiger partial charge in [-0.3, -0.25) is 19.9 Å². The first-order valence-electron chi connectivity index (χ1n) is 7.61. The van der Waals surface area contributed by atoms with E-state index in [0.29, 0.717) is 22.7 Å². The van der Waals surface area contributed by atoms with Gasteiger partial charge in [0.2, 0.25) is 5.91 Å². The standard InChI is InChI=1S/C16H13FN4O2/c17-9-3-8-5-18-20-11-6-21(15(22)7-1-2-7)16(23)14-13(11)12(8)10(4-9)19-14/h3-5,7,12,18-19H,1-2,6H2. The molecule has 0 aromatic carbocycles. The number of imide groups is 1. The van der Waals surface area contributed by atoms with Crippen molar-refractivity contribution >= 4 is 17.5 Å². The summed E-state index contributed by atoms with van der Waals surface area (Å²) in [5.74, 6) is -1.13. The van der Waals surface area contributed by atoms with E-state index in [1.807, 2.05) is 0 Å². The van der Waals surface area contributed by atoms with Gasteiger partial charge in [0.05, 0.1) is 18.2 Å². The maximum Gasteiger partial charge on any atom is 0.277 e. The van der Waals surface area contributed by atoms with Gasteiger partial charge in [0.15, 0.2) is 0 Å². The number of nitrogens with one attached hydrogen (secondary N) is 2. The average Bonchev–Trinajstić information content (AvgIpc) is 3.30. The van der Waals surface area contributed by atoms with Gasteiger partial charge in [-0.25, -0.2) is 4.39 Å². The van der Waals surface area contributed by atoms with Crippen LogP contribution in [0.25, 0.3) is 0 Å². The van der Waals surface area contributed by atoms with Gasteiger partial charge in [-0.15, -0.1) is 0 Å². The van der Waals surface area contributed by atoms with Crippen LogP contribution < -0.4 is 10.7 Å². The molecule has 0 aromatic rings. The van der Waals surface area contributed by atoms with Crippen LogP contribution in [0.3, 0.4) is 0 Å². The number of hydrogen-bond donors (Lipinski definition) is 2. The zero-order valence-corrected chi connectivity index (χ0v) is 12.1. The predicted octanol–water partition coefficient (Wildman–Crippen LogP) is 0.833. The minimum absolute atomic E-state index is 0.0452. The van der Waals surface area contributed by atoms with Gasteiger partial charge < -0.3 is 5.32 Å². The molecule has 1 saturated carbocycles. The Bertz CT molecular complexity index is 829. The zero-order chi connectivity index (χ0) is 15.7. The monoisotopic (exact) mass is 312 g/mol. The van der Waals surface area contributed by atoms with Crippen LogP contribution in [0.2, 0.25) is 0 Å². The highest BCUT2D eigenvalue weighted by molar-refractivity contribution is 6.20. The van der Waals surface area contributed by atoms with Crippen molar-refractivity contribution < 1.29 is 14.0 Å². The smallest absolute Gasteiger partial charge is 0.277 e. The van der Waals surface area contributed by atoms with Gasteiger partial charge in [-0.1, -0.05) is 0 Å². The number of nitrogens with zero attached hydrogens (tertiary/aromatic N) is 2. The number of rotatable bonds is 1. The Balaban J connectivity index is 1.63. The van der Waals surface area contributed by atoms with E-state index >= 15 is 0 Å². The molecule has 1 atom stereocenters. The molecule has 2 amide bonds. The Kier molecular flexibility index (Phi) is 2.33. The highest BCUT2D eigenvalue weighted by Crippen LogP contribution is 2.43. The lowest BCUT2D eigenvalue weighted by atomic mass is 9.83. The summed E-state index contributed by atoms with van der Waals surface area (Å²) >= 11 is 0. The first kappa shape index (κ1) is 12.8.